The van der Waals surface area contributed by atoms with Crippen molar-refractivity contribution in [2.24, 2.45) is 11.1 Å². The summed E-state index contributed by atoms with van der Waals surface area (Å²) in [5, 5.41) is 3.12. The van der Waals surface area contributed by atoms with Crippen molar-refractivity contribution in [2.75, 3.05) is 26.7 Å². The summed E-state index contributed by atoms with van der Waals surface area (Å²) in [4.78, 5) is 14.8. The lowest BCUT2D eigenvalue weighted by atomic mass is 9.79. The van der Waals surface area contributed by atoms with Gasteiger partial charge in [-0.25, -0.2) is 0 Å². The van der Waals surface area contributed by atoms with Crippen LogP contribution >= 0.6 is 0 Å². The van der Waals surface area contributed by atoms with Gasteiger partial charge in [0.1, 0.15) is 0 Å². The molecule has 0 aromatic carbocycles. The Balaban J connectivity index is 2.43. The Morgan fingerprint density at radius 1 is 1.30 bits per heavy atom. The number of hydrogen-bond acceptors (Lipinski definition) is 3. The zero-order valence-corrected chi connectivity index (χ0v) is 13.6. The number of nitrogens with two attached hydrogens (primary N) is 1. The van der Waals surface area contributed by atoms with Crippen molar-refractivity contribution in [2.45, 2.75) is 64.8 Å². The van der Waals surface area contributed by atoms with E-state index in [1.807, 2.05) is 0 Å². The van der Waals surface area contributed by atoms with Crippen molar-refractivity contribution in [3.05, 3.63) is 0 Å². The summed E-state index contributed by atoms with van der Waals surface area (Å²) in [6.07, 6.45) is 7.80. The quantitative estimate of drug-likeness (QED) is 0.704. The molecule has 1 atom stereocenters. The summed E-state index contributed by atoms with van der Waals surface area (Å²) < 4.78 is 0. The molecule has 4 heteroatoms. The lowest BCUT2D eigenvalue weighted by Gasteiger charge is -2.30. The fourth-order valence-corrected chi connectivity index (χ4v) is 2.99. The maximum atomic E-state index is 12.5. The van der Waals surface area contributed by atoms with Crippen molar-refractivity contribution < 1.29 is 4.79 Å². The maximum Gasteiger partial charge on any atom is 0.227 e. The third kappa shape index (κ3) is 4.74. The van der Waals surface area contributed by atoms with Crippen molar-refractivity contribution >= 4 is 5.91 Å². The van der Waals surface area contributed by atoms with Gasteiger partial charge in [-0.3, -0.25) is 4.79 Å². The standard InChI is InChI=1S/C16H33N3O/c1-4-14(2)19(3)12-11-18-15(20)16(13-17)9-7-5-6-8-10-16/h14H,4-13,17H2,1-3H3,(H,18,20). The number of rotatable bonds is 7. The van der Waals surface area contributed by atoms with Gasteiger partial charge < -0.3 is 16.0 Å². The molecule has 3 N–H and O–H groups in total. The van der Waals surface area contributed by atoms with Crippen LogP contribution in [-0.2, 0) is 4.79 Å². The van der Waals surface area contributed by atoms with Crippen LogP contribution in [0.3, 0.4) is 0 Å². The zero-order valence-electron chi connectivity index (χ0n) is 13.6. The third-order valence-electron chi connectivity index (χ3n) is 5.03. The fourth-order valence-electron chi connectivity index (χ4n) is 2.99. The Hall–Kier alpha value is -0.610. The molecule has 1 aliphatic rings. The second-order valence-corrected chi connectivity index (χ2v) is 6.39. The molecule has 0 heterocycles. The smallest absolute Gasteiger partial charge is 0.227 e. The van der Waals surface area contributed by atoms with Gasteiger partial charge >= 0.3 is 0 Å². The topological polar surface area (TPSA) is 58.4 Å². The number of hydrogen-bond donors (Lipinski definition) is 2. The minimum absolute atomic E-state index is 0.180. The minimum atomic E-state index is -0.300. The van der Waals surface area contributed by atoms with E-state index in [0.717, 1.165) is 45.2 Å². The third-order valence-corrected chi connectivity index (χ3v) is 5.03. The zero-order chi connectivity index (χ0) is 15.0. The van der Waals surface area contributed by atoms with Crippen molar-refractivity contribution in [1.82, 2.24) is 10.2 Å². The van der Waals surface area contributed by atoms with Crippen LogP contribution < -0.4 is 11.1 Å². The van der Waals surface area contributed by atoms with Crippen LogP contribution in [0.2, 0.25) is 0 Å². The second-order valence-electron chi connectivity index (χ2n) is 6.39. The van der Waals surface area contributed by atoms with E-state index in [0.29, 0.717) is 12.6 Å². The summed E-state index contributed by atoms with van der Waals surface area (Å²) >= 11 is 0. The normalized spacial score (nSPS) is 20.4. The first-order chi connectivity index (χ1) is 9.55. The Morgan fingerprint density at radius 2 is 1.90 bits per heavy atom. The molecular weight excluding hydrogens is 250 g/mol. The SMILES string of the molecule is CCC(C)N(C)CCNC(=O)C1(CN)CCCCCC1. The van der Waals surface area contributed by atoms with E-state index in [2.05, 4.69) is 31.1 Å². The van der Waals surface area contributed by atoms with Gasteiger partial charge in [-0.1, -0.05) is 32.6 Å². The van der Waals surface area contributed by atoms with E-state index in [1.54, 1.807) is 0 Å². The Labute approximate surface area is 124 Å². The first kappa shape index (κ1) is 17.4. The Bertz CT molecular complexity index is 285. The van der Waals surface area contributed by atoms with E-state index in [4.69, 9.17) is 5.73 Å². The highest BCUT2D eigenvalue weighted by atomic mass is 16.2. The van der Waals surface area contributed by atoms with Crippen LogP contribution in [0, 0.1) is 5.41 Å². The van der Waals surface area contributed by atoms with Gasteiger partial charge in [-0.15, -0.1) is 0 Å². The van der Waals surface area contributed by atoms with Gasteiger partial charge in [0.25, 0.3) is 0 Å². The summed E-state index contributed by atoms with van der Waals surface area (Å²) in [7, 11) is 2.12. The van der Waals surface area contributed by atoms with Gasteiger partial charge in [0, 0.05) is 25.7 Å². The molecule has 0 aromatic rings. The molecule has 0 aromatic heterocycles. The molecule has 1 saturated carbocycles. The van der Waals surface area contributed by atoms with Crippen molar-refractivity contribution in [3.63, 3.8) is 0 Å². The molecule has 1 rings (SSSR count). The number of carbonyl (C=O) groups excluding carboxylic acids is 1. The van der Waals surface area contributed by atoms with Gasteiger partial charge in [-0.2, -0.15) is 0 Å². The molecule has 118 valence electrons. The molecule has 4 nitrogen and oxygen atoms in total. The number of amides is 1. The predicted molar refractivity (Wildman–Crippen MR) is 84.6 cm³/mol. The van der Waals surface area contributed by atoms with Crippen LogP contribution in [0.4, 0.5) is 0 Å². The van der Waals surface area contributed by atoms with E-state index in [-0.39, 0.29) is 11.3 Å². The lowest BCUT2D eigenvalue weighted by Crippen LogP contribution is -2.47. The lowest BCUT2D eigenvalue weighted by molar-refractivity contribution is -0.131. The fraction of sp³-hybridized carbons (Fsp3) is 0.938. The van der Waals surface area contributed by atoms with Crippen molar-refractivity contribution in [1.29, 1.82) is 0 Å². The van der Waals surface area contributed by atoms with Crippen LogP contribution in [0.5, 0.6) is 0 Å². The molecule has 1 aliphatic carbocycles. The first-order valence-electron chi connectivity index (χ1n) is 8.24. The molecule has 0 spiro atoms. The molecular formula is C16H33N3O. The van der Waals surface area contributed by atoms with Crippen LogP contribution in [-0.4, -0.2) is 43.5 Å². The van der Waals surface area contributed by atoms with Crippen molar-refractivity contribution in [3.8, 4) is 0 Å². The van der Waals surface area contributed by atoms with Gasteiger partial charge in [0.2, 0.25) is 5.91 Å². The number of carbonyl (C=O) groups is 1. The average molecular weight is 283 g/mol. The van der Waals surface area contributed by atoms with Crippen LogP contribution in [0.25, 0.3) is 0 Å². The number of likely N-dealkylation sites (N-methyl/N-ethyl adjacent to an activating group) is 1. The van der Waals surface area contributed by atoms with Gasteiger partial charge in [0.05, 0.1) is 5.41 Å². The molecule has 0 aliphatic heterocycles. The number of nitrogens with zero attached hydrogens (tertiary/aromatic N) is 1. The van der Waals surface area contributed by atoms with Crippen LogP contribution in [0.15, 0.2) is 0 Å². The summed E-state index contributed by atoms with van der Waals surface area (Å²) in [6, 6.07) is 0.563. The van der Waals surface area contributed by atoms with E-state index >= 15 is 0 Å². The largest absolute Gasteiger partial charge is 0.354 e. The maximum absolute atomic E-state index is 12.5. The Kier molecular flexibility index (Phi) is 7.52. The van der Waals surface area contributed by atoms with E-state index < -0.39 is 0 Å². The predicted octanol–water partition coefficient (Wildman–Crippen LogP) is 2.13. The minimum Gasteiger partial charge on any atom is -0.354 e. The van der Waals surface area contributed by atoms with E-state index in [1.165, 1.54) is 12.8 Å². The first-order valence-corrected chi connectivity index (χ1v) is 8.24. The molecule has 0 saturated heterocycles. The summed E-state index contributed by atoms with van der Waals surface area (Å²) in [5.74, 6) is 0.180. The number of nitrogens with one attached hydrogen (secondary N) is 1. The highest BCUT2D eigenvalue weighted by molar-refractivity contribution is 5.82. The summed E-state index contributed by atoms with van der Waals surface area (Å²) in [6.45, 7) is 6.52. The molecule has 20 heavy (non-hydrogen) atoms. The highest BCUT2D eigenvalue weighted by Gasteiger charge is 2.36. The molecule has 1 fully saturated rings. The van der Waals surface area contributed by atoms with Crippen LogP contribution in [0.1, 0.15) is 58.8 Å². The van der Waals surface area contributed by atoms with Gasteiger partial charge in [-0.05, 0) is 33.2 Å². The van der Waals surface area contributed by atoms with E-state index in [9.17, 15) is 4.79 Å². The molecule has 0 bridgehead atoms. The Morgan fingerprint density at radius 3 is 2.40 bits per heavy atom. The highest BCUT2D eigenvalue weighted by Crippen LogP contribution is 2.34. The second kappa shape index (κ2) is 8.63. The molecule has 1 amide bonds. The summed E-state index contributed by atoms with van der Waals surface area (Å²) in [5.41, 5.74) is 5.64. The van der Waals surface area contributed by atoms with Gasteiger partial charge in [0.15, 0.2) is 0 Å². The average Bonchev–Trinajstić information content (AvgIpc) is 2.72. The molecule has 0 radical (unpaired) electrons. The molecule has 1 unspecified atom stereocenters. The monoisotopic (exact) mass is 283 g/mol.